The van der Waals surface area contributed by atoms with Gasteiger partial charge < -0.3 is 10.2 Å². The van der Waals surface area contributed by atoms with Crippen molar-refractivity contribution < 1.29 is 9.59 Å². The first-order valence-electron chi connectivity index (χ1n) is 7.63. The molecule has 0 radical (unpaired) electrons. The summed E-state index contributed by atoms with van der Waals surface area (Å²) in [6.07, 6.45) is 3.83. The number of aromatic nitrogens is 2. The fraction of sp³-hybridized carbons (Fsp3) is 0.667. The van der Waals surface area contributed by atoms with Crippen molar-refractivity contribution in [2.45, 2.75) is 58.7 Å². The normalized spacial score (nSPS) is 19.8. The van der Waals surface area contributed by atoms with Crippen molar-refractivity contribution in [3.8, 4) is 0 Å². The second kappa shape index (κ2) is 6.74. The van der Waals surface area contributed by atoms with Crippen LogP contribution in [0, 0.1) is 0 Å². The zero-order chi connectivity index (χ0) is 15.4. The lowest BCUT2D eigenvalue weighted by Gasteiger charge is -2.23. The van der Waals surface area contributed by atoms with Gasteiger partial charge in [-0.15, -0.1) is 0 Å². The Morgan fingerprint density at radius 1 is 1.43 bits per heavy atom. The molecule has 1 aromatic heterocycles. The monoisotopic (exact) mass is 292 g/mol. The van der Waals surface area contributed by atoms with E-state index in [4.69, 9.17) is 0 Å². The van der Waals surface area contributed by atoms with Gasteiger partial charge in [0.1, 0.15) is 6.04 Å². The number of carbonyl (C=O) groups excluding carboxylic acids is 2. The minimum atomic E-state index is -0.391. The summed E-state index contributed by atoms with van der Waals surface area (Å²) in [6, 6.07) is 1.84. The van der Waals surface area contributed by atoms with Gasteiger partial charge in [0.2, 0.25) is 11.8 Å². The fourth-order valence-electron chi connectivity index (χ4n) is 2.48. The summed E-state index contributed by atoms with van der Waals surface area (Å²) < 4.78 is 1.88. The highest BCUT2D eigenvalue weighted by Crippen LogP contribution is 2.12. The van der Waals surface area contributed by atoms with Gasteiger partial charge in [-0.2, -0.15) is 5.10 Å². The van der Waals surface area contributed by atoms with Crippen molar-refractivity contribution in [2.24, 2.45) is 0 Å². The molecule has 0 bridgehead atoms. The maximum atomic E-state index is 12.5. The Bertz CT molecular complexity index is 510. The molecular formula is C15H24N4O2. The Hall–Kier alpha value is -1.85. The van der Waals surface area contributed by atoms with Crippen LogP contribution in [0.2, 0.25) is 0 Å². The third-order valence-corrected chi connectivity index (χ3v) is 3.68. The van der Waals surface area contributed by atoms with Crippen molar-refractivity contribution in [2.75, 3.05) is 6.54 Å². The third-order valence-electron chi connectivity index (χ3n) is 3.68. The molecule has 1 atom stereocenters. The van der Waals surface area contributed by atoms with E-state index in [1.807, 2.05) is 23.9 Å². The van der Waals surface area contributed by atoms with E-state index in [0.29, 0.717) is 32.0 Å². The zero-order valence-electron chi connectivity index (χ0n) is 13.0. The second-order valence-electron chi connectivity index (χ2n) is 5.80. The standard InChI is InChI=1S/C15H24N4O2/c1-4-5-13-15(21)18(8-7-14(20)16-13)10-12-6-9-19(17-12)11(2)3/h6,9,11,13H,4-5,7-8,10H2,1-3H3,(H,16,20). The third kappa shape index (κ3) is 3.83. The van der Waals surface area contributed by atoms with Gasteiger partial charge in [-0.3, -0.25) is 14.3 Å². The van der Waals surface area contributed by atoms with E-state index in [1.54, 1.807) is 4.90 Å². The number of carbonyl (C=O) groups is 2. The lowest BCUT2D eigenvalue weighted by atomic mass is 10.1. The lowest BCUT2D eigenvalue weighted by molar-refractivity contribution is -0.134. The van der Waals surface area contributed by atoms with Crippen molar-refractivity contribution >= 4 is 11.8 Å². The molecule has 1 saturated heterocycles. The summed E-state index contributed by atoms with van der Waals surface area (Å²) in [5, 5.41) is 7.29. The predicted molar refractivity (Wildman–Crippen MR) is 79.5 cm³/mol. The molecule has 0 aromatic carbocycles. The number of amides is 2. The van der Waals surface area contributed by atoms with Crippen molar-refractivity contribution in [1.82, 2.24) is 20.0 Å². The molecule has 2 amide bonds. The topological polar surface area (TPSA) is 67.2 Å². The molecule has 0 aliphatic carbocycles. The van der Waals surface area contributed by atoms with Gasteiger partial charge in [0.15, 0.2) is 0 Å². The van der Waals surface area contributed by atoms with E-state index >= 15 is 0 Å². The molecule has 116 valence electrons. The molecule has 6 nitrogen and oxygen atoms in total. The lowest BCUT2D eigenvalue weighted by Crippen LogP contribution is -2.44. The van der Waals surface area contributed by atoms with Crippen molar-refractivity contribution in [3.63, 3.8) is 0 Å². The van der Waals surface area contributed by atoms with Gasteiger partial charge >= 0.3 is 0 Å². The fourth-order valence-corrected chi connectivity index (χ4v) is 2.48. The summed E-state index contributed by atoms with van der Waals surface area (Å²) in [4.78, 5) is 25.9. The summed E-state index contributed by atoms with van der Waals surface area (Å²) in [7, 11) is 0. The second-order valence-corrected chi connectivity index (χ2v) is 5.80. The number of nitrogens with zero attached hydrogens (tertiary/aromatic N) is 3. The molecular weight excluding hydrogens is 268 g/mol. The van der Waals surface area contributed by atoms with E-state index in [0.717, 1.165) is 12.1 Å². The van der Waals surface area contributed by atoms with Gasteiger partial charge in [-0.05, 0) is 26.3 Å². The predicted octanol–water partition coefficient (Wildman–Crippen LogP) is 1.48. The van der Waals surface area contributed by atoms with Crippen LogP contribution in [0.4, 0.5) is 0 Å². The summed E-state index contributed by atoms with van der Waals surface area (Å²) in [5.74, 6) is -0.0428. The molecule has 21 heavy (non-hydrogen) atoms. The molecule has 6 heteroatoms. The highest BCUT2D eigenvalue weighted by molar-refractivity contribution is 5.89. The average molecular weight is 292 g/mol. The van der Waals surface area contributed by atoms with E-state index in [2.05, 4.69) is 24.3 Å². The van der Waals surface area contributed by atoms with E-state index < -0.39 is 6.04 Å². The highest BCUT2D eigenvalue weighted by atomic mass is 16.2. The highest BCUT2D eigenvalue weighted by Gasteiger charge is 2.29. The van der Waals surface area contributed by atoms with Crippen molar-refractivity contribution in [3.05, 3.63) is 18.0 Å². The average Bonchev–Trinajstić information content (AvgIpc) is 2.86. The number of hydrogen-bond donors (Lipinski definition) is 1. The van der Waals surface area contributed by atoms with Crippen LogP contribution < -0.4 is 5.32 Å². The van der Waals surface area contributed by atoms with Gasteiger partial charge in [-0.1, -0.05) is 13.3 Å². The van der Waals surface area contributed by atoms with Gasteiger partial charge in [0.05, 0.1) is 12.2 Å². The van der Waals surface area contributed by atoms with Crippen LogP contribution in [-0.4, -0.2) is 39.1 Å². The van der Waals surface area contributed by atoms with Crippen molar-refractivity contribution in [1.29, 1.82) is 0 Å². The van der Waals surface area contributed by atoms with E-state index in [9.17, 15) is 9.59 Å². The smallest absolute Gasteiger partial charge is 0.245 e. The van der Waals surface area contributed by atoms with Gasteiger partial charge in [-0.25, -0.2) is 0 Å². The quantitative estimate of drug-likeness (QED) is 0.894. The Kier molecular flexibility index (Phi) is 4.98. The Morgan fingerprint density at radius 3 is 2.81 bits per heavy atom. The molecule has 1 unspecified atom stereocenters. The SMILES string of the molecule is CCCC1NC(=O)CCN(Cc2ccn(C(C)C)n2)C1=O. The summed E-state index contributed by atoms with van der Waals surface area (Å²) in [6.45, 7) is 7.06. The maximum absolute atomic E-state index is 12.5. The van der Waals surface area contributed by atoms with Gasteiger partial charge in [0, 0.05) is 25.2 Å². The number of nitrogens with one attached hydrogen (secondary N) is 1. The van der Waals surface area contributed by atoms with Crippen LogP contribution in [-0.2, 0) is 16.1 Å². The molecule has 0 saturated carbocycles. The minimum Gasteiger partial charge on any atom is -0.344 e. The number of hydrogen-bond acceptors (Lipinski definition) is 3. The first-order chi connectivity index (χ1) is 10.0. The molecule has 2 rings (SSSR count). The molecule has 1 N–H and O–H groups in total. The molecule has 1 aliphatic rings. The van der Waals surface area contributed by atoms with Crippen LogP contribution in [0.25, 0.3) is 0 Å². The number of rotatable bonds is 5. The minimum absolute atomic E-state index is 0.00166. The Balaban J connectivity index is 2.09. The van der Waals surface area contributed by atoms with Crippen LogP contribution in [0.1, 0.15) is 51.8 Å². The zero-order valence-corrected chi connectivity index (χ0v) is 13.0. The molecule has 2 heterocycles. The first-order valence-corrected chi connectivity index (χ1v) is 7.63. The van der Waals surface area contributed by atoms with Crippen LogP contribution in [0.3, 0.4) is 0 Å². The van der Waals surface area contributed by atoms with E-state index in [-0.39, 0.29) is 11.8 Å². The molecule has 1 aromatic rings. The van der Waals surface area contributed by atoms with Crippen LogP contribution in [0.5, 0.6) is 0 Å². The van der Waals surface area contributed by atoms with E-state index in [1.165, 1.54) is 0 Å². The summed E-state index contributed by atoms with van der Waals surface area (Å²) in [5.41, 5.74) is 0.863. The molecule has 1 aliphatic heterocycles. The maximum Gasteiger partial charge on any atom is 0.245 e. The Labute approximate surface area is 125 Å². The van der Waals surface area contributed by atoms with Gasteiger partial charge in [0.25, 0.3) is 0 Å². The first kappa shape index (κ1) is 15.5. The largest absolute Gasteiger partial charge is 0.344 e. The molecule has 1 fully saturated rings. The molecule has 0 spiro atoms. The Morgan fingerprint density at radius 2 is 2.19 bits per heavy atom. The van der Waals surface area contributed by atoms with Crippen LogP contribution >= 0.6 is 0 Å². The summed E-state index contributed by atoms with van der Waals surface area (Å²) >= 11 is 0. The van der Waals surface area contributed by atoms with Crippen LogP contribution in [0.15, 0.2) is 12.3 Å².